The maximum absolute atomic E-state index is 13.6. The van der Waals surface area contributed by atoms with E-state index in [1.165, 1.54) is 18.2 Å². The number of carbonyl (C=O) groups excluding carboxylic acids is 3. The summed E-state index contributed by atoms with van der Waals surface area (Å²) >= 11 is 0. The van der Waals surface area contributed by atoms with Gasteiger partial charge in [-0.2, -0.15) is 13.2 Å². The first-order valence-electron chi connectivity index (χ1n) is 16.0. The van der Waals surface area contributed by atoms with Crippen LogP contribution in [0.1, 0.15) is 52.7 Å². The van der Waals surface area contributed by atoms with Gasteiger partial charge in [0, 0.05) is 49.8 Å². The fraction of sp³-hybridized carbons (Fsp3) is 0.270. The maximum Gasteiger partial charge on any atom is 0.416 e. The Labute approximate surface area is 282 Å². The second-order valence-electron chi connectivity index (χ2n) is 11.7. The lowest BCUT2D eigenvalue weighted by atomic mass is 9.95. The number of amides is 4. The Morgan fingerprint density at radius 2 is 1.47 bits per heavy atom. The van der Waals surface area contributed by atoms with Crippen molar-refractivity contribution in [3.63, 3.8) is 0 Å². The molecule has 0 spiro atoms. The summed E-state index contributed by atoms with van der Waals surface area (Å²) in [7, 11) is 0. The molecule has 0 bridgehead atoms. The number of nitrogens with one attached hydrogen (secondary N) is 3. The van der Waals surface area contributed by atoms with Crippen molar-refractivity contribution < 1.29 is 31.9 Å². The van der Waals surface area contributed by atoms with Crippen molar-refractivity contribution in [3.05, 3.63) is 125 Å². The molecule has 0 radical (unpaired) electrons. The van der Waals surface area contributed by atoms with Gasteiger partial charge in [-0.15, -0.1) is 0 Å². The maximum atomic E-state index is 13.6. The zero-order valence-corrected chi connectivity index (χ0v) is 26.9. The summed E-state index contributed by atoms with van der Waals surface area (Å²) in [6.45, 7) is 4.19. The summed E-state index contributed by atoms with van der Waals surface area (Å²) in [5, 5.41) is 8.01. The molecule has 4 aromatic carbocycles. The molecule has 1 aliphatic rings. The third-order valence-electron chi connectivity index (χ3n) is 8.39. The molecule has 1 fully saturated rings. The highest BCUT2D eigenvalue weighted by Gasteiger charge is 2.30. The fourth-order valence-corrected chi connectivity index (χ4v) is 5.82. The van der Waals surface area contributed by atoms with E-state index in [1.807, 2.05) is 47.1 Å². The predicted molar refractivity (Wildman–Crippen MR) is 181 cm³/mol. The number of alkyl halides is 3. The van der Waals surface area contributed by atoms with Crippen molar-refractivity contribution >= 4 is 34.9 Å². The first-order chi connectivity index (χ1) is 23.5. The molecular formula is C37H37F4N5O3. The first kappa shape index (κ1) is 34.9. The van der Waals surface area contributed by atoms with Gasteiger partial charge in [0.1, 0.15) is 5.82 Å². The van der Waals surface area contributed by atoms with Crippen molar-refractivity contribution in [2.45, 2.75) is 38.4 Å². The number of carbonyl (C=O) groups is 3. The van der Waals surface area contributed by atoms with E-state index in [4.69, 9.17) is 0 Å². The molecule has 3 N–H and O–H groups in total. The van der Waals surface area contributed by atoms with Crippen molar-refractivity contribution in [3.8, 4) is 0 Å². The molecule has 0 saturated carbocycles. The molecule has 0 aliphatic carbocycles. The first-order valence-corrected chi connectivity index (χ1v) is 16.0. The molecule has 8 nitrogen and oxygen atoms in total. The van der Waals surface area contributed by atoms with E-state index in [0.717, 1.165) is 29.8 Å². The van der Waals surface area contributed by atoms with Crippen LogP contribution in [0.15, 0.2) is 97.1 Å². The standard InChI is InChI=1S/C37H37F4N5O3/c1-2-31(26-7-4-3-5-8-26)35(48)46-20-6-19-45(21-22-46)33-18-17-30(23-32(33)34(47)42-24-25-9-13-28(38)14-10-25)44-36(49)43-29-15-11-27(12-16-29)37(39,40)41/h3-5,7-18,23,31H,2,6,19-22,24H2,1H3,(H,42,47)(H2,43,44,49)/t31-/m1/s1. The van der Waals surface area contributed by atoms with Gasteiger partial charge >= 0.3 is 12.2 Å². The monoisotopic (exact) mass is 675 g/mol. The fourth-order valence-electron chi connectivity index (χ4n) is 5.82. The summed E-state index contributed by atoms with van der Waals surface area (Å²) in [5.41, 5.74) is 2.13. The molecule has 0 aromatic heterocycles. The number of hydrogen-bond acceptors (Lipinski definition) is 4. The Morgan fingerprint density at radius 1 is 0.796 bits per heavy atom. The Balaban J connectivity index is 1.33. The number of nitrogens with zero attached hydrogens (tertiary/aromatic N) is 2. The average Bonchev–Trinajstić information content (AvgIpc) is 3.35. The molecule has 49 heavy (non-hydrogen) atoms. The molecule has 256 valence electrons. The Bertz CT molecular complexity index is 1750. The summed E-state index contributed by atoms with van der Waals surface area (Å²) in [6.07, 6.45) is -3.16. The molecule has 1 atom stereocenters. The normalized spacial score (nSPS) is 14.1. The molecule has 5 rings (SSSR count). The number of benzene rings is 4. The van der Waals surface area contributed by atoms with Gasteiger partial charge in [0.05, 0.1) is 17.0 Å². The quantitative estimate of drug-likeness (QED) is 0.159. The third kappa shape index (κ3) is 9.16. The van der Waals surface area contributed by atoms with Crippen molar-refractivity contribution in [2.75, 3.05) is 41.7 Å². The Kier molecular flexibility index (Phi) is 11.2. The molecule has 0 unspecified atom stereocenters. The third-order valence-corrected chi connectivity index (χ3v) is 8.39. The Morgan fingerprint density at radius 3 is 2.14 bits per heavy atom. The van der Waals surface area contributed by atoms with Gasteiger partial charge in [0.2, 0.25) is 5.91 Å². The summed E-state index contributed by atoms with van der Waals surface area (Å²) < 4.78 is 52.2. The van der Waals surface area contributed by atoms with Gasteiger partial charge in [-0.3, -0.25) is 9.59 Å². The van der Waals surface area contributed by atoms with E-state index >= 15 is 0 Å². The van der Waals surface area contributed by atoms with Gasteiger partial charge < -0.3 is 25.8 Å². The number of urea groups is 1. The van der Waals surface area contributed by atoms with E-state index in [-0.39, 0.29) is 35.3 Å². The molecular weight excluding hydrogens is 638 g/mol. The van der Waals surface area contributed by atoms with Crippen LogP contribution in [-0.2, 0) is 17.5 Å². The SMILES string of the molecule is CC[C@@H](C(=O)N1CCCN(c2ccc(NC(=O)Nc3ccc(C(F)(F)F)cc3)cc2C(=O)NCc2ccc(F)cc2)CC1)c1ccccc1. The second kappa shape index (κ2) is 15.7. The second-order valence-corrected chi connectivity index (χ2v) is 11.7. The molecule has 12 heteroatoms. The molecule has 1 aliphatic heterocycles. The number of anilines is 3. The highest BCUT2D eigenvalue weighted by atomic mass is 19.4. The zero-order valence-electron chi connectivity index (χ0n) is 26.9. The van der Waals surface area contributed by atoms with Crippen LogP contribution in [0.4, 0.5) is 39.4 Å². The van der Waals surface area contributed by atoms with Crippen molar-refractivity contribution in [2.24, 2.45) is 0 Å². The highest BCUT2D eigenvalue weighted by Crippen LogP contribution is 2.31. The molecule has 4 amide bonds. The van der Waals surface area contributed by atoms with Crippen LogP contribution in [-0.4, -0.2) is 48.9 Å². The van der Waals surface area contributed by atoms with E-state index < -0.39 is 29.5 Å². The van der Waals surface area contributed by atoms with Crippen LogP contribution in [0.5, 0.6) is 0 Å². The van der Waals surface area contributed by atoms with Crippen molar-refractivity contribution in [1.29, 1.82) is 0 Å². The minimum atomic E-state index is -4.50. The van der Waals surface area contributed by atoms with Crippen LogP contribution < -0.4 is 20.9 Å². The van der Waals surface area contributed by atoms with Crippen LogP contribution in [0, 0.1) is 5.82 Å². The minimum absolute atomic E-state index is 0.0615. The largest absolute Gasteiger partial charge is 0.416 e. The van der Waals surface area contributed by atoms with Gasteiger partial charge in [-0.05, 0) is 78.6 Å². The molecule has 1 saturated heterocycles. The van der Waals surface area contributed by atoms with Gasteiger partial charge in [-0.1, -0.05) is 49.4 Å². The summed E-state index contributed by atoms with van der Waals surface area (Å²) in [6, 6.07) is 23.6. The lowest BCUT2D eigenvalue weighted by Gasteiger charge is -2.28. The van der Waals surface area contributed by atoms with Crippen LogP contribution in [0.2, 0.25) is 0 Å². The van der Waals surface area contributed by atoms with Gasteiger partial charge in [0.15, 0.2) is 0 Å². The lowest BCUT2D eigenvalue weighted by molar-refractivity contribution is -0.137. The van der Waals surface area contributed by atoms with E-state index in [9.17, 15) is 31.9 Å². The summed E-state index contributed by atoms with van der Waals surface area (Å²) in [4.78, 5) is 43.9. The predicted octanol–water partition coefficient (Wildman–Crippen LogP) is 7.65. The lowest BCUT2D eigenvalue weighted by Crippen LogP contribution is -2.38. The highest BCUT2D eigenvalue weighted by molar-refractivity contribution is 6.04. The van der Waals surface area contributed by atoms with E-state index in [0.29, 0.717) is 50.3 Å². The Hall–Kier alpha value is -5.39. The van der Waals surface area contributed by atoms with Crippen LogP contribution in [0.3, 0.4) is 0 Å². The minimum Gasteiger partial charge on any atom is -0.369 e. The average molecular weight is 676 g/mol. The topological polar surface area (TPSA) is 93.8 Å². The number of halogens is 4. The number of hydrogen-bond donors (Lipinski definition) is 3. The smallest absolute Gasteiger partial charge is 0.369 e. The van der Waals surface area contributed by atoms with Crippen LogP contribution >= 0.6 is 0 Å². The number of rotatable bonds is 9. The zero-order chi connectivity index (χ0) is 35.0. The summed E-state index contributed by atoms with van der Waals surface area (Å²) in [5.74, 6) is -1.02. The van der Waals surface area contributed by atoms with Crippen molar-refractivity contribution in [1.82, 2.24) is 10.2 Å². The molecule has 4 aromatic rings. The van der Waals surface area contributed by atoms with Gasteiger partial charge in [0.25, 0.3) is 5.91 Å². The van der Waals surface area contributed by atoms with E-state index in [1.54, 1.807) is 24.3 Å². The molecule has 1 heterocycles. The van der Waals surface area contributed by atoms with Gasteiger partial charge in [-0.25, -0.2) is 9.18 Å². The van der Waals surface area contributed by atoms with E-state index in [2.05, 4.69) is 16.0 Å². The van der Waals surface area contributed by atoms with Crippen LogP contribution in [0.25, 0.3) is 0 Å².